The Labute approximate surface area is 175 Å². The van der Waals surface area contributed by atoms with E-state index in [2.05, 4.69) is 26.6 Å². The summed E-state index contributed by atoms with van der Waals surface area (Å²) in [4.78, 5) is 32.3. The number of aromatic nitrogens is 1. The Kier molecular flexibility index (Phi) is 7.19. The molecule has 1 saturated heterocycles. The molecule has 0 unspecified atom stereocenters. The second kappa shape index (κ2) is 10.2. The lowest BCUT2D eigenvalue weighted by Crippen LogP contribution is -2.50. The van der Waals surface area contributed by atoms with E-state index in [1.165, 1.54) is 7.11 Å². The number of piperazine rings is 1. The van der Waals surface area contributed by atoms with Crippen LogP contribution in [0.25, 0.3) is 0 Å². The highest BCUT2D eigenvalue weighted by molar-refractivity contribution is 5.91. The van der Waals surface area contributed by atoms with Gasteiger partial charge in [0.15, 0.2) is 0 Å². The smallest absolute Gasteiger partial charge is 0.321 e. The van der Waals surface area contributed by atoms with Crippen molar-refractivity contribution in [3.8, 4) is 6.07 Å². The Bertz CT molecular complexity index is 900. The molecule has 1 aromatic heterocycles. The van der Waals surface area contributed by atoms with Crippen LogP contribution in [0.3, 0.4) is 0 Å². The van der Waals surface area contributed by atoms with Gasteiger partial charge in [0.2, 0.25) is 5.91 Å². The number of urea groups is 1. The molecule has 1 aliphatic heterocycles. The Morgan fingerprint density at radius 1 is 1.07 bits per heavy atom. The van der Waals surface area contributed by atoms with Crippen molar-refractivity contribution >= 4 is 29.1 Å². The zero-order valence-electron chi connectivity index (χ0n) is 16.8. The van der Waals surface area contributed by atoms with E-state index < -0.39 is 0 Å². The number of benzene rings is 1. The minimum Gasteiger partial charge on any atom is -0.375 e. The molecular formula is C21H24N6O3. The van der Waals surface area contributed by atoms with Gasteiger partial charge in [0.25, 0.3) is 0 Å². The molecule has 0 bridgehead atoms. The molecule has 0 radical (unpaired) electrons. The van der Waals surface area contributed by atoms with Crippen LogP contribution in [0.2, 0.25) is 0 Å². The number of pyridine rings is 1. The summed E-state index contributed by atoms with van der Waals surface area (Å²) in [5.41, 5.74) is 2.23. The average Bonchev–Trinajstić information content (AvgIpc) is 2.76. The minimum absolute atomic E-state index is 0.00418. The second-order valence-corrected chi connectivity index (χ2v) is 6.82. The van der Waals surface area contributed by atoms with Crippen LogP contribution >= 0.6 is 0 Å². The second-order valence-electron chi connectivity index (χ2n) is 6.82. The molecule has 0 spiro atoms. The predicted octanol–water partition coefficient (Wildman–Crippen LogP) is 2.09. The summed E-state index contributed by atoms with van der Waals surface area (Å²) in [5.74, 6) is 0.569. The highest BCUT2D eigenvalue weighted by Crippen LogP contribution is 2.17. The van der Waals surface area contributed by atoms with E-state index in [-0.39, 0.29) is 18.5 Å². The van der Waals surface area contributed by atoms with E-state index in [0.717, 1.165) is 11.4 Å². The van der Waals surface area contributed by atoms with E-state index in [9.17, 15) is 9.59 Å². The average molecular weight is 408 g/mol. The lowest BCUT2D eigenvalue weighted by atomic mass is 10.1. The fourth-order valence-electron chi connectivity index (χ4n) is 3.11. The van der Waals surface area contributed by atoms with Gasteiger partial charge in [0.05, 0.1) is 24.4 Å². The van der Waals surface area contributed by atoms with Crippen molar-refractivity contribution < 1.29 is 14.3 Å². The molecule has 2 heterocycles. The quantitative estimate of drug-likeness (QED) is 0.757. The molecule has 9 nitrogen and oxygen atoms in total. The number of methoxy groups -OCH3 is 1. The van der Waals surface area contributed by atoms with Crippen molar-refractivity contribution in [1.82, 2.24) is 9.88 Å². The van der Waals surface area contributed by atoms with Gasteiger partial charge in [-0.05, 0) is 29.8 Å². The van der Waals surface area contributed by atoms with Crippen molar-refractivity contribution in [1.29, 1.82) is 5.26 Å². The first-order valence-electron chi connectivity index (χ1n) is 9.60. The molecule has 30 heavy (non-hydrogen) atoms. The number of rotatable bonds is 6. The van der Waals surface area contributed by atoms with Crippen LogP contribution < -0.4 is 15.5 Å². The third-order valence-corrected chi connectivity index (χ3v) is 4.69. The third-order valence-electron chi connectivity index (χ3n) is 4.69. The lowest BCUT2D eigenvalue weighted by molar-refractivity contribution is -0.119. The normalized spacial score (nSPS) is 13.5. The molecule has 3 rings (SSSR count). The van der Waals surface area contributed by atoms with Crippen LogP contribution in [0, 0.1) is 11.3 Å². The fraction of sp³-hybridized carbons (Fsp3) is 0.333. The summed E-state index contributed by atoms with van der Waals surface area (Å²) in [6, 6.07) is 12.9. The van der Waals surface area contributed by atoms with Crippen LogP contribution in [-0.2, 0) is 16.0 Å². The number of anilines is 3. The summed E-state index contributed by atoms with van der Waals surface area (Å²) in [6.07, 6.45) is 1.96. The maximum absolute atomic E-state index is 12.5. The number of carbonyl (C=O) groups is 2. The standard InChI is InChI=1S/C21H24N6O3/c1-30-15-20(28)24-18-6-7-19(23-14-18)26-10-12-27(13-11-26)21(29)25-17-4-2-16(3-5-17)8-9-22/h2-7,14H,8,10-13,15H2,1H3,(H,24,28)(H,25,29). The zero-order chi connectivity index (χ0) is 21.3. The van der Waals surface area contributed by atoms with Crippen molar-refractivity contribution in [3.05, 3.63) is 48.2 Å². The molecular weight excluding hydrogens is 384 g/mol. The Hall–Kier alpha value is -3.64. The van der Waals surface area contributed by atoms with E-state index >= 15 is 0 Å². The molecule has 0 aliphatic carbocycles. The molecule has 0 saturated carbocycles. The molecule has 1 fully saturated rings. The first kappa shape index (κ1) is 21.1. The van der Waals surface area contributed by atoms with Gasteiger partial charge in [-0.3, -0.25) is 4.79 Å². The molecule has 3 amide bonds. The summed E-state index contributed by atoms with van der Waals surface area (Å²) in [6.45, 7) is 2.47. The van der Waals surface area contributed by atoms with Crippen molar-refractivity contribution in [3.63, 3.8) is 0 Å². The summed E-state index contributed by atoms with van der Waals surface area (Å²) >= 11 is 0. The highest BCUT2D eigenvalue weighted by Gasteiger charge is 2.22. The van der Waals surface area contributed by atoms with Crippen LogP contribution in [0.1, 0.15) is 5.56 Å². The first-order chi connectivity index (χ1) is 14.6. The Balaban J connectivity index is 1.48. The van der Waals surface area contributed by atoms with Gasteiger partial charge in [-0.25, -0.2) is 9.78 Å². The number of carbonyl (C=O) groups excluding carboxylic acids is 2. The van der Waals surface area contributed by atoms with E-state index in [4.69, 9.17) is 10.00 Å². The molecule has 1 aliphatic rings. The number of nitrogens with zero attached hydrogens (tertiary/aromatic N) is 4. The summed E-state index contributed by atoms with van der Waals surface area (Å²) < 4.78 is 4.79. The SMILES string of the molecule is COCC(=O)Nc1ccc(N2CCN(C(=O)Nc3ccc(CC#N)cc3)CC2)nc1. The Morgan fingerprint density at radius 2 is 1.77 bits per heavy atom. The van der Waals surface area contributed by atoms with E-state index in [1.807, 2.05) is 18.2 Å². The monoisotopic (exact) mass is 408 g/mol. The van der Waals surface area contributed by atoms with Gasteiger partial charge in [-0.15, -0.1) is 0 Å². The van der Waals surface area contributed by atoms with Gasteiger partial charge < -0.3 is 25.2 Å². The van der Waals surface area contributed by atoms with Crippen molar-refractivity contribution in [2.75, 3.05) is 55.4 Å². The zero-order valence-corrected chi connectivity index (χ0v) is 16.8. The summed E-state index contributed by atoms with van der Waals surface area (Å²) in [7, 11) is 1.47. The van der Waals surface area contributed by atoms with E-state index in [0.29, 0.717) is 44.0 Å². The third kappa shape index (κ3) is 5.68. The Morgan fingerprint density at radius 3 is 2.37 bits per heavy atom. The number of hydrogen-bond acceptors (Lipinski definition) is 6. The van der Waals surface area contributed by atoms with Gasteiger partial charge in [0, 0.05) is 39.0 Å². The van der Waals surface area contributed by atoms with Crippen molar-refractivity contribution in [2.45, 2.75) is 6.42 Å². The lowest BCUT2D eigenvalue weighted by Gasteiger charge is -2.35. The number of amides is 3. The maximum Gasteiger partial charge on any atom is 0.321 e. The fourth-order valence-corrected chi connectivity index (χ4v) is 3.11. The van der Waals surface area contributed by atoms with Gasteiger partial charge in [0.1, 0.15) is 12.4 Å². The highest BCUT2D eigenvalue weighted by atomic mass is 16.5. The van der Waals surface area contributed by atoms with Crippen LogP contribution in [0.4, 0.5) is 22.0 Å². The first-order valence-corrected chi connectivity index (χ1v) is 9.60. The largest absolute Gasteiger partial charge is 0.375 e. The van der Waals surface area contributed by atoms with Crippen LogP contribution in [0.5, 0.6) is 0 Å². The topological polar surface area (TPSA) is 111 Å². The van der Waals surface area contributed by atoms with Gasteiger partial charge in [-0.1, -0.05) is 12.1 Å². The van der Waals surface area contributed by atoms with Crippen molar-refractivity contribution in [2.24, 2.45) is 0 Å². The number of nitriles is 1. The van der Waals surface area contributed by atoms with Gasteiger partial charge >= 0.3 is 6.03 Å². The molecule has 1 aromatic carbocycles. The molecule has 9 heteroatoms. The van der Waals surface area contributed by atoms with Crippen LogP contribution in [-0.4, -0.2) is 61.7 Å². The molecule has 2 aromatic rings. The summed E-state index contributed by atoms with van der Waals surface area (Å²) in [5, 5.41) is 14.3. The van der Waals surface area contributed by atoms with E-state index in [1.54, 1.807) is 29.3 Å². The number of ether oxygens (including phenoxy) is 1. The number of nitrogens with one attached hydrogen (secondary N) is 2. The minimum atomic E-state index is -0.230. The molecule has 0 atom stereocenters. The van der Waals surface area contributed by atoms with Crippen LogP contribution in [0.15, 0.2) is 42.6 Å². The molecule has 2 N–H and O–H groups in total. The molecule has 156 valence electrons. The maximum atomic E-state index is 12.5. The number of hydrogen-bond donors (Lipinski definition) is 2. The van der Waals surface area contributed by atoms with Gasteiger partial charge in [-0.2, -0.15) is 5.26 Å². The predicted molar refractivity (Wildman–Crippen MR) is 113 cm³/mol.